The van der Waals surface area contributed by atoms with Crippen molar-refractivity contribution in [1.29, 1.82) is 0 Å². The molecule has 1 amide bonds. The largest absolute Gasteiger partial charge is 0.348 e. The van der Waals surface area contributed by atoms with E-state index in [1.165, 1.54) is 31.4 Å². The van der Waals surface area contributed by atoms with Crippen LogP contribution < -0.4 is 10.6 Å². The van der Waals surface area contributed by atoms with Crippen molar-refractivity contribution in [2.75, 3.05) is 6.54 Å². The van der Waals surface area contributed by atoms with Crippen LogP contribution in [0.15, 0.2) is 54.6 Å². The number of hydrogen-bond donors (Lipinski definition) is 2. The van der Waals surface area contributed by atoms with E-state index in [1.54, 1.807) is 0 Å². The van der Waals surface area contributed by atoms with Crippen LogP contribution in [0.3, 0.4) is 0 Å². The van der Waals surface area contributed by atoms with Crippen molar-refractivity contribution < 1.29 is 4.79 Å². The van der Waals surface area contributed by atoms with Gasteiger partial charge in [0.2, 0.25) is 0 Å². The second-order valence-electron chi connectivity index (χ2n) is 7.09. The van der Waals surface area contributed by atoms with E-state index in [9.17, 15) is 4.79 Å². The van der Waals surface area contributed by atoms with E-state index in [0.717, 1.165) is 17.0 Å². The zero-order chi connectivity index (χ0) is 16.4. The topological polar surface area (TPSA) is 41.1 Å². The van der Waals surface area contributed by atoms with Crippen LogP contribution in [-0.4, -0.2) is 18.5 Å². The Labute approximate surface area is 155 Å². The van der Waals surface area contributed by atoms with Crippen LogP contribution in [0.25, 0.3) is 0 Å². The van der Waals surface area contributed by atoms with Gasteiger partial charge in [-0.2, -0.15) is 0 Å². The smallest absolute Gasteiger partial charge is 0.251 e. The second kappa shape index (κ2) is 8.03. The number of halogens is 1. The molecule has 2 aliphatic rings. The van der Waals surface area contributed by atoms with Gasteiger partial charge in [-0.1, -0.05) is 42.5 Å². The molecule has 0 heterocycles. The number of amides is 1. The Morgan fingerprint density at radius 2 is 1.84 bits per heavy atom. The van der Waals surface area contributed by atoms with Gasteiger partial charge in [0.15, 0.2) is 0 Å². The molecule has 2 N–H and O–H groups in total. The van der Waals surface area contributed by atoms with Crippen molar-refractivity contribution in [3.05, 3.63) is 71.3 Å². The number of carbonyl (C=O) groups excluding carboxylic acids is 1. The summed E-state index contributed by atoms with van der Waals surface area (Å²) in [6.45, 7) is 1.73. The van der Waals surface area contributed by atoms with Crippen LogP contribution in [0.1, 0.15) is 46.7 Å². The average Bonchev–Trinajstić information content (AvgIpc) is 3.53. The van der Waals surface area contributed by atoms with E-state index in [-0.39, 0.29) is 18.3 Å². The summed E-state index contributed by atoms with van der Waals surface area (Å²) in [6.07, 6.45) is 3.98. The van der Waals surface area contributed by atoms with Gasteiger partial charge in [0.05, 0.1) is 0 Å². The molecule has 4 rings (SSSR count). The summed E-state index contributed by atoms with van der Waals surface area (Å²) in [5.74, 6) is 1.50. The van der Waals surface area contributed by atoms with Crippen molar-refractivity contribution >= 4 is 18.3 Å². The Bertz CT molecular complexity index is 715. The summed E-state index contributed by atoms with van der Waals surface area (Å²) in [6, 6.07) is 18.7. The third-order valence-electron chi connectivity index (χ3n) is 5.03. The number of nitrogens with one attached hydrogen (secondary N) is 2. The van der Waals surface area contributed by atoms with Crippen LogP contribution >= 0.6 is 12.4 Å². The van der Waals surface area contributed by atoms with Crippen molar-refractivity contribution in [2.45, 2.75) is 37.8 Å². The van der Waals surface area contributed by atoms with Gasteiger partial charge in [-0.15, -0.1) is 12.4 Å². The van der Waals surface area contributed by atoms with Gasteiger partial charge in [-0.05, 0) is 55.0 Å². The van der Waals surface area contributed by atoms with Crippen LogP contribution in [0.4, 0.5) is 0 Å². The fourth-order valence-electron chi connectivity index (χ4n) is 3.22. The third-order valence-corrected chi connectivity index (χ3v) is 5.03. The molecule has 25 heavy (non-hydrogen) atoms. The van der Waals surface area contributed by atoms with E-state index in [4.69, 9.17) is 0 Å². The molecule has 0 bridgehead atoms. The Kier molecular flexibility index (Phi) is 5.77. The molecule has 2 atom stereocenters. The number of hydrogen-bond acceptors (Lipinski definition) is 2. The first-order valence-corrected chi connectivity index (χ1v) is 8.95. The predicted molar refractivity (Wildman–Crippen MR) is 103 cm³/mol. The summed E-state index contributed by atoms with van der Waals surface area (Å²) in [5.41, 5.74) is 3.17. The lowest BCUT2D eigenvalue weighted by molar-refractivity contribution is 0.0951. The summed E-state index contributed by atoms with van der Waals surface area (Å²) in [7, 11) is 0. The zero-order valence-corrected chi connectivity index (χ0v) is 15.1. The standard InChI is InChI=1S/C21H24N2O.ClH/c24-21(23-14-15-5-2-1-3-6-15)18-8-4-7-17(11-18)19-12-20(19)22-13-16-9-10-16;/h1-8,11,16,19-20,22H,9-10,12-14H2,(H,23,24);1H/t19-,20+;/m0./s1. The van der Waals surface area contributed by atoms with Gasteiger partial charge in [-0.25, -0.2) is 0 Å². The van der Waals surface area contributed by atoms with E-state index in [1.807, 2.05) is 42.5 Å². The molecule has 3 nitrogen and oxygen atoms in total. The van der Waals surface area contributed by atoms with Crippen molar-refractivity contribution in [3.8, 4) is 0 Å². The lowest BCUT2D eigenvalue weighted by Crippen LogP contribution is -2.23. The highest BCUT2D eigenvalue weighted by molar-refractivity contribution is 5.94. The number of carbonyl (C=O) groups is 1. The van der Waals surface area contributed by atoms with E-state index >= 15 is 0 Å². The summed E-state index contributed by atoms with van der Waals surface area (Å²) < 4.78 is 0. The minimum absolute atomic E-state index is 0. The van der Waals surface area contributed by atoms with Crippen LogP contribution in [-0.2, 0) is 6.54 Å². The van der Waals surface area contributed by atoms with Gasteiger partial charge in [-0.3, -0.25) is 4.79 Å². The summed E-state index contributed by atoms with van der Waals surface area (Å²) >= 11 is 0. The molecule has 2 saturated carbocycles. The maximum atomic E-state index is 12.4. The molecule has 2 aliphatic carbocycles. The lowest BCUT2D eigenvalue weighted by atomic mass is 10.1. The van der Waals surface area contributed by atoms with Crippen molar-refractivity contribution in [3.63, 3.8) is 0 Å². The SMILES string of the molecule is Cl.O=C(NCc1ccccc1)c1cccc([C@@H]2C[C@H]2NCC2CC2)c1. The summed E-state index contributed by atoms with van der Waals surface area (Å²) in [5, 5.41) is 6.67. The summed E-state index contributed by atoms with van der Waals surface area (Å²) in [4.78, 5) is 12.4. The molecule has 0 aromatic heterocycles. The van der Waals surface area contributed by atoms with Gasteiger partial charge in [0, 0.05) is 24.1 Å². The fourth-order valence-corrected chi connectivity index (χ4v) is 3.22. The Balaban J connectivity index is 0.00000182. The zero-order valence-electron chi connectivity index (χ0n) is 14.3. The van der Waals surface area contributed by atoms with E-state index in [2.05, 4.69) is 22.8 Å². The maximum Gasteiger partial charge on any atom is 0.251 e. The molecular weight excluding hydrogens is 332 g/mol. The molecule has 0 aliphatic heterocycles. The second-order valence-corrected chi connectivity index (χ2v) is 7.09. The van der Waals surface area contributed by atoms with E-state index < -0.39 is 0 Å². The highest BCUT2D eigenvalue weighted by Gasteiger charge is 2.39. The average molecular weight is 357 g/mol. The first kappa shape index (κ1) is 18.0. The molecule has 2 aromatic rings. The number of rotatable bonds is 7. The highest BCUT2D eigenvalue weighted by atomic mass is 35.5. The van der Waals surface area contributed by atoms with Crippen molar-refractivity contribution in [2.24, 2.45) is 5.92 Å². The first-order chi connectivity index (χ1) is 11.8. The molecule has 0 spiro atoms. The van der Waals surface area contributed by atoms with Gasteiger partial charge in [0.1, 0.15) is 0 Å². The molecule has 132 valence electrons. The lowest BCUT2D eigenvalue weighted by Gasteiger charge is -2.08. The molecule has 4 heteroatoms. The van der Waals surface area contributed by atoms with Gasteiger partial charge >= 0.3 is 0 Å². The number of benzene rings is 2. The normalized spacial score (nSPS) is 21.3. The molecule has 2 aromatic carbocycles. The minimum atomic E-state index is 0. The maximum absolute atomic E-state index is 12.4. The Morgan fingerprint density at radius 3 is 2.60 bits per heavy atom. The van der Waals surface area contributed by atoms with Crippen molar-refractivity contribution in [1.82, 2.24) is 10.6 Å². The predicted octanol–water partition coefficient (Wildman–Crippen LogP) is 3.89. The Hall–Kier alpha value is -1.84. The minimum Gasteiger partial charge on any atom is -0.348 e. The first-order valence-electron chi connectivity index (χ1n) is 8.95. The van der Waals surface area contributed by atoms with Crippen LogP contribution in [0.5, 0.6) is 0 Å². The molecule has 0 radical (unpaired) electrons. The van der Waals surface area contributed by atoms with Gasteiger partial charge in [0.25, 0.3) is 5.91 Å². The third kappa shape index (κ3) is 4.83. The van der Waals surface area contributed by atoms with Crippen LogP contribution in [0, 0.1) is 5.92 Å². The van der Waals surface area contributed by atoms with E-state index in [0.29, 0.717) is 18.5 Å². The quantitative estimate of drug-likeness (QED) is 0.790. The highest BCUT2D eigenvalue weighted by Crippen LogP contribution is 2.41. The monoisotopic (exact) mass is 356 g/mol. The molecule has 0 unspecified atom stereocenters. The fraction of sp³-hybridized carbons (Fsp3) is 0.381. The Morgan fingerprint density at radius 1 is 1.04 bits per heavy atom. The molecule has 2 fully saturated rings. The van der Waals surface area contributed by atoms with Crippen LogP contribution in [0.2, 0.25) is 0 Å². The molecular formula is C21H25ClN2O. The van der Waals surface area contributed by atoms with Gasteiger partial charge < -0.3 is 10.6 Å². The molecule has 0 saturated heterocycles.